The Kier molecular flexibility index (Phi) is 6.60. The summed E-state index contributed by atoms with van der Waals surface area (Å²) in [5.74, 6) is 0. The van der Waals surface area contributed by atoms with E-state index >= 15 is 0 Å². The summed E-state index contributed by atoms with van der Waals surface area (Å²) < 4.78 is 4.93. The molecule has 6 heteroatoms. The van der Waals surface area contributed by atoms with Crippen molar-refractivity contribution in [3.8, 4) is 50.6 Å². The van der Waals surface area contributed by atoms with E-state index in [9.17, 15) is 0 Å². The van der Waals surface area contributed by atoms with E-state index in [1.807, 2.05) is 48.0 Å². The van der Waals surface area contributed by atoms with Crippen LogP contribution in [0.4, 0.5) is 0 Å². The summed E-state index contributed by atoms with van der Waals surface area (Å²) >= 11 is 1.84. The Hall–Kier alpha value is -6.50. The highest BCUT2D eigenvalue weighted by Gasteiger charge is 2.20. The van der Waals surface area contributed by atoms with Gasteiger partial charge in [0.15, 0.2) is 0 Å². The highest BCUT2D eigenvalue weighted by molar-refractivity contribution is 7.26. The summed E-state index contributed by atoms with van der Waals surface area (Å²) in [5.41, 5.74) is 12.2. The fourth-order valence-electron chi connectivity index (χ4n) is 7.03. The van der Waals surface area contributed by atoms with Crippen LogP contribution in [0.2, 0.25) is 0 Å². The molecule has 0 N–H and O–H groups in total. The zero-order valence-corrected chi connectivity index (χ0v) is 27.5. The Balaban J connectivity index is 1.18. The summed E-state index contributed by atoms with van der Waals surface area (Å²) in [6, 6.07) is 49.0. The van der Waals surface area contributed by atoms with Gasteiger partial charge in [0, 0.05) is 78.3 Å². The van der Waals surface area contributed by atoms with Crippen molar-refractivity contribution in [3.63, 3.8) is 0 Å². The van der Waals surface area contributed by atoms with Gasteiger partial charge in [0.2, 0.25) is 0 Å². The van der Waals surface area contributed by atoms with Crippen LogP contribution in [0.5, 0.6) is 0 Å². The van der Waals surface area contributed by atoms with Crippen molar-refractivity contribution < 1.29 is 0 Å². The number of thiophene rings is 1. The molecular formula is C44H27N5S. The number of hydrogen-bond acceptors (Lipinski definition) is 5. The topological polar surface area (TPSA) is 56.5 Å². The lowest BCUT2D eigenvalue weighted by Crippen LogP contribution is -1.96. The molecule has 0 saturated heterocycles. The van der Waals surface area contributed by atoms with E-state index in [0.717, 1.165) is 67.0 Å². The number of benzene rings is 4. The number of pyridine rings is 4. The fourth-order valence-corrected chi connectivity index (χ4v) is 8.14. The second-order valence-corrected chi connectivity index (χ2v) is 13.4. The van der Waals surface area contributed by atoms with Crippen LogP contribution in [0.25, 0.3) is 92.7 Å². The van der Waals surface area contributed by atoms with Gasteiger partial charge in [-0.05, 0) is 78.4 Å². The van der Waals surface area contributed by atoms with Crippen molar-refractivity contribution >= 4 is 53.4 Å². The van der Waals surface area contributed by atoms with Gasteiger partial charge in [0.25, 0.3) is 0 Å². The molecule has 0 unspecified atom stereocenters. The first kappa shape index (κ1) is 28.5. The van der Waals surface area contributed by atoms with Crippen LogP contribution in [0.3, 0.4) is 0 Å². The Morgan fingerprint density at radius 3 is 1.94 bits per heavy atom. The zero-order chi connectivity index (χ0) is 33.0. The lowest BCUT2D eigenvalue weighted by molar-refractivity contribution is 1.18. The van der Waals surface area contributed by atoms with Crippen LogP contribution in [-0.2, 0) is 0 Å². The summed E-state index contributed by atoms with van der Waals surface area (Å²) in [6.07, 6.45) is 7.33. The minimum absolute atomic E-state index is 0.868. The standard InChI is InChI=1S/C44H27N5S/c1-2-8-28(9-3-1)36-19-20-39-43(48-36)35-18-21-41-42(34-12-4-5-13-40(34)50-41)44(35)49(39)33-16-14-29(15-17-33)37-24-32(30-10-6-22-45-26-30)25-38(47-37)31-11-7-23-46-27-31/h1-27H. The van der Waals surface area contributed by atoms with Gasteiger partial charge in [-0.2, -0.15) is 0 Å². The van der Waals surface area contributed by atoms with Crippen molar-refractivity contribution in [2.24, 2.45) is 0 Å². The second kappa shape index (κ2) is 11.6. The first-order valence-electron chi connectivity index (χ1n) is 16.5. The smallest absolute Gasteiger partial charge is 0.0971 e. The monoisotopic (exact) mass is 657 g/mol. The van der Waals surface area contributed by atoms with Crippen molar-refractivity contribution in [3.05, 3.63) is 164 Å². The maximum Gasteiger partial charge on any atom is 0.0971 e. The molecule has 0 radical (unpaired) electrons. The van der Waals surface area contributed by atoms with Crippen molar-refractivity contribution in [1.82, 2.24) is 24.5 Å². The third kappa shape index (κ3) is 4.69. The molecule has 6 heterocycles. The molecule has 10 rings (SSSR count). The molecule has 0 aliphatic heterocycles. The normalized spacial score (nSPS) is 11.6. The molecule has 0 aliphatic carbocycles. The van der Waals surface area contributed by atoms with Gasteiger partial charge in [-0.3, -0.25) is 9.97 Å². The van der Waals surface area contributed by atoms with E-state index in [1.54, 1.807) is 12.4 Å². The molecule has 50 heavy (non-hydrogen) atoms. The maximum absolute atomic E-state index is 5.30. The maximum atomic E-state index is 5.30. The van der Waals surface area contributed by atoms with E-state index in [0.29, 0.717) is 0 Å². The van der Waals surface area contributed by atoms with Crippen LogP contribution in [0.15, 0.2) is 164 Å². The lowest BCUT2D eigenvalue weighted by Gasteiger charge is -2.12. The number of rotatable bonds is 5. The summed E-state index contributed by atoms with van der Waals surface area (Å²) in [6.45, 7) is 0. The lowest BCUT2D eigenvalue weighted by atomic mass is 10.0. The SMILES string of the molecule is c1ccc(-c2ccc3c(n2)c2ccc4sc5ccccc5c4c2n3-c2ccc(-c3cc(-c4cccnc4)cc(-c4cccnc4)n3)cc2)cc1. The molecule has 0 bridgehead atoms. The van der Waals surface area contributed by atoms with Gasteiger partial charge < -0.3 is 4.57 Å². The van der Waals surface area contributed by atoms with Crippen molar-refractivity contribution in [2.75, 3.05) is 0 Å². The average Bonchev–Trinajstić information content (AvgIpc) is 3.74. The zero-order valence-electron chi connectivity index (χ0n) is 26.7. The Bertz CT molecular complexity index is 2780. The first-order chi connectivity index (χ1) is 24.8. The van der Waals surface area contributed by atoms with Crippen LogP contribution in [0, 0.1) is 0 Å². The minimum Gasteiger partial charge on any atom is -0.307 e. The quantitative estimate of drug-likeness (QED) is 0.185. The molecule has 0 spiro atoms. The molecule has 234 valence electrons. The number of fused-ring (bicyclic) bond motifs is 7. The number of hydrogen-bond donors (Lipinski definition) is 0. The highest BCUT2D eigenvalue weighted by atomic mass is 32.1. The van der Waals surface area contributed by atoms with E-state index in [4.69, 9.17) is 9.97 Å². The van der Waals surface area contributed by atoms with Crippen molar-refractivity contribution in [2.45, 2.75) is 0 Å². The highest BCUT2D eigenvalue weighted by Crippen LogP contribution is 2.43. The largest absolute Gasteiger partial charge is 0.307 e. The Morgan fingerprint density at radius 2 is 1.16 bits per heavy atom. The molecule has 0 amide bonds. The van der Waals surface area contributed by atoms with Crippen molar-refractivity contribution in [1.29, 1.82) is 0 Å². The molecular weight excluding hydrogens is 631 g/mol. The number of aromatic nitrogens is 5. The molecule has 0 fully saturated rings. The second-order valence-electron chi connectivity index (χ2n) is 12.4. The van der Waals surface area contributed by atoms with Gasteiger partial charge in [0.1, 0.15) is 0 Å². The Labute approximate surface area is 291 Å². The summed E-state index contributed by atoms with van der Waals surface area (Å²) in [4.78, 5) is 19.1. The van der Waals surface area contributed by atoms with Crippen LogP contribution < -0.4 is 0 Å². The molecule has 5 nitrogen and oxygen atoms in total. The predicted octanol–water partition coefficient (Wildman–Crippen LogP) is 11.4. The summed E-state index contributed by atoms with van der Waals surface area (Å²) in [5, 5.41) is 3.67. The van der Waals surface area contributed by atoms with Gasteiger partial charge in [-0.25, -0.2) is 9.97 Å². The van der Waals surface area contributed by atoms with E-state index in [2.05, 4.69) is 130 Å². The first-order valence-corrected chi connectivity index (χ1v) is 17.3. The molecule has 4 aromatic carbocycles. The summed E-state index contributed by atoms with van der Waals surface area (Å²) in [7, 11) is 0. The van der Waals surface area contributed by atoms with E-state index < -0.39 is 0 Å². The third-order valence-electron chi connectivity index (χ3n) is 9.38. The number of nitrogens with zero attached hydrogens (tertiary/aromatic N) is 5. The van der Waals surface area contributed by atoms with Gasteiger partial charge >= 0.3 is 0 Å². The van der Waals surface area contributed by atoms with Crippen LogP contribution in [-0.4, -0.2) is 24.5 Å². The van der Waals surface area contributed by atoms with Crippen LogP contribution >= 0.6 is 11.3 Å². The third-order valence-corrected chi connectivity index (χ3v) is 10.5. The minimum atomic E-state index is 0.868. The molecule has 0 saturated carbocycles. The Morgan fingerprint density at radius 1 is 0.460 bits per heavy atom. The predicted molar refractivity (Wildman–Crippen MR) is 207 cm³/mol. The molecule has 0 aliphatic rings. The molecule has 6 aromatic heterocycles. The molecule has 10 aromatic rings. The van der Waals surface area contributed by atoms with E-state index in [1.165, 1.54) is 25.7 Å². The van der Waals surface area contributed by atoms with Gasteiger partial charge in [-0.15, -0.1) is 11.3 Å². The van der Waals surface area contributed by atoms with Crippen LogP contribution in [0.1, 0.15) is 0 Å². The van der Waals surface area contributed by atoms with E-state index in [-0.39, 0.29) is 0 Å². The fraction of sp³-hybridized carbons (Fsp3) is 0. The van der Waals surface area contributed by atoms with Gasteiger partial charge in [0.05, 0.1) is 33.6 Å². The average molecular weight is 658 g/mol. The molecule has 0 atom stereocenters. The van der Waals surface area contributed by atoms with Gasteiger partial charge in [-0.1, -0.05) is 66.7 Å².